The molecule has 0 aliphatic heterocycles. The second-order valence-corrected chi connectivity index (χ2v) is 3.08. The number of para-hydroxylation sites is 2. The van der Waals surface area contributed by atoms with Crippen LogP contribution in [0.4, 0.5) is 13.2 Å². The zero-order chi connectivity index (χ0) is 11.1. The first-order valence-corrected chi connectivity index (χ1v) is 4.20. The lowest BCUT2D eigenvalue weighted by molar-refractivity contribution is -0.0690. The summed E-state index contributed by atoms with van der Waals surface area (Å²) in [5.41, 5.74) is 0.106. The molecule has 0 spiro atoms. The molecule has 1 aromatic carbocycles. The topological polar surface area (TPSA) is 28.7 Å². The van der Waals surface area contributed by atoms with Gasteiger partial charge in [0.1, 0.15) is 5.82 Å². The van der Waals surface area contributed by atoms with E-state index in [0.717, 1.165) is 0 Å². The fourth-order valence-electron chi connectivity index (χ4n) is 1.23. The Hall–Kier alpha value is -1.78. The largest absolute Gasteiger partial charge is 0.419 e. The van der Waals surface area contributed by atoms with Gasteiger partial charge >= 0.3 is 6.18 Å². The van der Waals surface area contributed by atoms with Gasteiger partial charge in [0.05, 0.1) is 16.6 Å². The summed E-state index contributed by atoms with van der Waals surface area (Å²) in [5, 5.41) is 0. The van der Waals surface area contributed by atoms with E-state index in [1.54, 1.807) is 24.3 Å². The molecular weight excluding hydrogens is 205 g/mol. The van der Waals surface area contributed by atoms with Crippen molar-refractivity contribution in [1.82, 2.24) is 9.97 Å². The number of hydrogen-bond acceptors (Lipinski definition) is 1. The highest BCUT2D eigenvalue weighted by Gasteiger charge is 2.34. The van der Waals surface area contributed by atoms with Crippen LogP contribution in [0.15, 0.2) is 30.8 Å². The number of H-pyrrole nitrogens is 1. The molecule has 0 bridgehead atoms. The molecule has 2 nitrogen and oxygen atoms in total. The number of aromatic nitrogens is 2. The van der Waals surface area contributed by atoms with E-state index in [-0.39, 0.29) is 5.82 Å². The predicted molar refractivity (Wildman–Crippen MR) is 51.2 cm³/mol. The van der Waals surface area contributed by atoms with Crippen molar-refractivity contribution in [2.75, 3.05) is 0 Å². The number of hydrogen-bond donors (Lipinski definition) is 1. The first-order chi connectivity index (χ1) is 6.98. The fourth-order valence-corrected chi connectivity index (χ4v) is 1.23. The quantitative estimate of drug-likeness (QED) is 0.772. The van der Waals surface area contributed by atoms with Gasteiger partial charge in [-0.1, -0.05) is 18.7 Å². The third-order valence-corrected chi connectivity index (χ3v) is 2.02. The number of benzene rings is 1. The molecule has 1 aromatic heterocycles. The van der Waals surface area contributed by atoms with Crippen LogP contribution in [0, 0.1) is 0 Å². The zero-order valence-electron chi connectivity index (χ0n) is 7.60. The van der Waals surface area contributed by atoms with E-state index >= 15 is 0 Å². The van der Waals surface area contributed by atoms with E-state index in [2.05, 4.69) is 16.5 Å². The Balaban J connectivity index is 2.50. The summed E-state index contributed by atoms with van der Waals surface area (Å²) >= 11 is 0. The van der Waals surface area contributed by atoms with E-state index in [9.17, 15) is 13.2 Å². The molecule has 1 heterocycles. The number of aromatic amines is 1. The molecule has 0 saturated carbocycles. The first-order valence-electron chi connectivity index (χ1n) is 4.20. The smallest absolute Gasteiger partial charge is 0.338 e. The summed E-state index contributed by atoms with van der Waals surface area (Å²) < 4.78 is 36.9. The standard InChI is InChI=1S/C10H7F3N2/c1-6(10(11,12)13)9-14-7-4-2-3-5-8(7)15-9/h2-5H,1H2,(H,14,15). The number of nitrogens with zero attached hydrogens (tertiary/aromatic N) is 1. The summed E-state index contributed by atoms with van der Waals surface area (Å²) in [6, 6.07) is 6.73. The minimum atomic E-state index is -4.45. The summed E-state index contributed by atoms with van der Waals surface area (Å²) in [6.07, 6.45) is -4.45. The third-order valence-electron chi connectivity index (χ3n) is 2.02. The van der Waals surface area contributed by atoms with Gasteiger partial charge < -0.3 is 4.98 Å². The molecule has 0 aliphatic rings. The number of imidazole rings is 1. The van der Waals surface area contributed by atoms with Crippen molar-refractivity contribution in [1.29, 1.82) is 0 Å². The highest BCUT2D eigenvalue weighted by molar-refractivity contribution is 5.78. The lowest BCUT2D eigenvalue weighted by atomic mass is 10.3. The maximum absolute atomic E-state index is 12.3. The molecule has 0 atom stereocenters. The lowest BCUT2D eigenvalue weighted by Crippen LogP contribution is -2.10. The van der Waals surface area contributed by atoms with Crippen molar-refractivity contribution >= 4 is 16.6 Å². The molecule has 0 saturated heterocycles. The summed E-state index contributed by atoms with van der Waals surface area (Å²) in [5.74, 6) is -0.233. The number of nitrogens with one attached hydrogen (secondary N) is 1. The Bertz CT molecular complexity index is 478. The molecule has 2 aromatic rings. The predicted octanol–water partition coefficient (Wildman–Crippen LogP) is 3.14. The van der Waals surface area contributed by atoms with Crippen molar-refractivity contribution in [2.45, 2.75) is 6.18 Å². The first kappa shape index (κ1) is 9.76. The Labute approximate surface area is 83.4 Å². The highest BCUT2D eigenvalue weighted by atomic mass is 19.4. The number of fused-ring (bicyclic) bond motifs is 1. The van der Waals surface area contributed by atoms with Gasteiger partial charge in [-0.2, -0.15) is 13.2 Å². The number of allylic oxidation sites excluding steroid dienone is 1. The minimum absolute atomic E-state index is 0.233. The monoisotopic (exact) mass is 212 g/mol. The molecule has 0 fully saturated rings. The third kappa shape index (κ3) is 1.72. The van der Waals surface area contributed by atoms with Crippen LogP contribution in [0.25, 0.3) is 16.6 Å². The van der Waals surface area contributed by atoms with Gasteiger partial charge in [-0.05, 0) is 12.1 Å². The Kier molecular flexibility index (Phi) is 2.03. The molecule has 0 amide bonds. The Morgan fingerprint density at radius 3 is 2.53 bits per heavy atom. The van der Waals surface area contributed by atoms with Gasteiger partial charge in [0.15, 0.2) is 0 Å². The van der Waals surface area contributed by atoms with Crippen molar-refractivity contribution in [3.05, 3.63) is 36.7 Å². The second kappa shape index (κ2) is 3.12. The molecule has 78 valence electrons. The van der Waals surface area contributed by atoms with E-state index in [0.29, 0.717) is 11.0 Å². The minimum Gasteiger partial charge on any atom is -0.338 e. The van der Waals surface area contributed by atoms with Crippen LogP contribution in [-0.4, -0.2) is 16.1 Å². The average Bonchev–Trinajstić information content (AvgIpc) is 2.58. The number of alkyl halides is 3. The molecule has 2 rings (SSSR count). The van der Waals surface area contributed by atoms with Crippen molar-refractivity contribution in [2.24, 2.45) is 0 Å². The Morgan fingerprint density at radius 2 is 1.93 bits per heavy atom. The van der Waals surface area contributed by atoms with Crippen LogP contribution in [0.1, 0.15) is 5.82 Å². The van der Waals surface area contributed by atoms with Crippen molar-refractivity contribution in [3.63, 3.8) is 0 Å². The summed E-state index contributed by atoms with van der Waals surface area (Å²) in [6.45, 7) is 2.97. The number of rotatable bonds is 1. The van der Waals surface area contributed by atoms with Crippen LogP contribution >= 0.6 is 0 Å². The van der Waals surface area contributed by atoms with Crippen LogP contribution in [0.5, 0.6) is 0 Å². The van der Waals surface area contributed by atoms with Crippen molar-refractivity contribution in [3.8, 4) is 0 Å². The van der Waals surface area contributed by atoms with Gasteiger partial charge in [-0.15, -0.1) is 0 Å². The molecule has 5 heteroatoms. The van der Waals surface area contributed by atoms with Crippen LogP contribution in [-0.2, 0) is 0 Å². The van der Waals surface area contributed by atoms with E-state index in [4.69, 9.17) is 0 Å². The summed E-state index contributed by atoms with van der Waals surface area (Å²) in [4.78, 5) is 6.38. The average molecular weight is 212 g/mol. The van der Waals surface area contributed by atoms with E-state index < -0.39 is 11.7 Å². The Morgan fingerprint density at radius 1 is 1.27 bits per heavy atom. The highest BCUT2D eigenvalue weighted by Crippen LogP contribution is 2.31. The van der Waals surface area contributed by atoms with Gasteiger partial charge in [0.2, 0.25) is 0 Å². The normalized spacial score (nSPS) is 11.9. The van der Waals surface area contributed by atoms with E-state index in [1.165, 1.54) is 0 Å². The van der Waals surface area contributed by atoms with Gasteiger partial charge in [0.25, 0.3) is 0 Å². The van der Waals surface area contributed by atoms with Crippen molar-refractivity contribution < 1.29 is 13.2 Å². The molecule has 1 N–H and O–H groups in total. The summed E-state index contributed by atoms with van der Waals surface area (Å²) in [7, 11) is 0. The maximum atomic E-state index is 12.3. The van der Waals surface area contributed by atoms with Gasteiger partial charge in [0, 0.05) is 0 Å². The SMILES string of the molecule is C=C(c1nc2ccccc2[nH]1)C(F)(F)F. The second-order valence-electron chi connectivity index (χ2n) is 3.08. The zero-order valence-corrected chi connectivity index (χ0v) is 7.60. The van der Waals surface area contributed by atoms with Crippen LogP contribution < -0.4 is 0 Å². The van der Waals surface area contributed by atoms with Crippen LogP contribution in [0.2, 0.25) is 0 Å². The van der Waals surface area contributed by atoms with Crippen LogP contribution in [0.3, 0.4) is 0 Å². The molecule has 0 aliphatic carbocycles. The lowest BCUT2D eigenvalue weighted by Gasteiger charge is -2.05. The molecule has 0 radical (unpaired) electrons. The molecular formula is C10H7F3N2. The maximum Gasteiger partial charge on any atom is 0.419 e. The fraction of sp³-hybridized carbons (Fsp3) is 0.100. The van der Waals surface area contributed by atoms with E-state index in [1.807, 2.05) is 0 Å². The molecule has 0 unspecified atom stereocenters. The number of halogens is 3. The van der Waals surface area contributed by atoms with Gasteiger partial charge in [-0.25, -0.2) is 4.98 Å². The van der Waals surface area contributed by atoms with Gasteiger partial charge in [-0.3, -0.25) is 0 Å². The molecule has 15 heavy (non-hydrogen) atoms.